The first-order valence-corrected chi connectivity index (χ1v) is 12.9. The number of fused-ring (bicyclic) bond motifs is 4. The second kappa shape index (κ2) is 9.19. The number of nitrogens with zero attached hydrogens (tertiary/aromatic N) is 5. The van der Waals surface area contributed by atoms with Crippen LogP contribution < -0.4 is 10.2 Å². The van der Waals surface area contributed by atoms with Crippen LogP contribution in [0, 0.1) is 6.92 Å². The molecular weight excluding hydrogens is 462 g/mol. The van der Waals surface area contributed by atoms with Crippen molar-refractivity contribution in [1.82, 2.24) is 24.8 Å². The molecule has 0 aliphatic carbocycles. The van der Waals surface area contributed by atoms with Crippen molar-refractivity contribution >= 4 is 28.4 Å². The molecule has 6 rings (SSSR count). The molecule has 0 unspecified atom stereocenters. The molecular formula is C29H33N7O. The van der Waals surface area contributed by atoms with Gasteiger partial charge in [0.05, 0.1) is 23.3 Å². The number of nitrogens with one attached hydrogen (secondary N) is 2. The number of carbonyl (C=O) groups is 1. The number of hydrogen-bond donors (Lipinski definition) is 2. The highest BCUT2D eigenvalue weighted by atomic mass is 16.2. The number of likely N-dealkylation sites (N-methyl/N-ethyl adjacent to an activating group) is 1. The van der Waals surface area contributed by atoms with Gasteiger partial charge in [0.1, 0.15) is 5.52 Å². The number of hydrogen-bond acceptors (Lipinski definition) is 6. The Morgan fingerprint density at radius 3 is 2.70 bits per heavy atom. The Balaban J connectivity index is 1.37. The molecule has 2 aromatic carbocycles. The number of rotatable bonds is 3. The van der Waals surface area contributed by atoms with Crippen molar-refractivity contribution in [3.05, 3.63) is 59.9 Å². The minimum Gasteiger partial charge on any atom is -0.383 e. The number of aromatic nitrogens is 3. The van der Waals surface area contributed by atoms with E-state index in [1.807, 2.05) is 36.7 Å². The molecule has 0 radical (unpaired) electrons. The summed E-state index contributed by atoms with van der Waals surface area (Å²) in [4.78, 5) is 31.9. The van der Waals surface area contributed by atoms with E-state index < -0.39 is 0 Å². The number of amides is 1. The fourth-order valence-corrected chi connectivity index (χ4v) is 5.67. The predicted octanol–water partition coefficient (Wildman–Crippen LogP) is 4.24. The maximum Gasteiger partial charge on any atom is 0.253 e. The monoisotopic (exact) mass is 495 g/mol. The Hall–Kier alpha value is -3.91. The zero-order chi connectivity index (χ0) is 25.7. The van der Waals surface area contributed by atoms with E-state index in [1.54, 1.807) is 19.0 Å². The predicted molar refractivity (Wildman–Crippen MR) is 149 cm³/mol. The SMILES string of the molecule is Cc1cc(-c2cnc3[nH]cc(-c4ccc(C(=O)N(C)C)cc4)c3n2)cc2c1N1CCN(C)C[C@@H]1CCN2. The van der Waals surface area contributed by atoms with Gasteiger partial charge in [-0.3, -0.25) is 4.79 Å². The van der Waals surface area contributed by atoms with Gasteiger partial charge in [0.15, 0.2) is 5.65 Å². The third kappa shape index (κ3) is 4.21. The molecule has 4 heterocycles. The van der Waals surface area contributed by atoms with E-state index in [0.29, 0.717) is 11.6 Å². The van der Waals surface area contributed by atoms with E-state index in [1.165, 1.54) is 16.9 Å². The van der Waals surface area contributed by atoms with Crippen LogP contribution >= 0.6 is 0 Å². The van der Waals surface area contributed by atoms with E-state index in [-0.39, 0.29) is 5.91 Å². The van der Waals surface area contributed by atoms with Crippen LogP contribution in [0.1, 0.15) is 22.3 Å². The number of aromatic amines is 1. The standard InChI is InChI=1S/C29H33N7O/c1-18-13-21(14-24-27(18)36-12-11-35(4)17-22(36)9-10-30-24)25-16-32-28-26(33-25)23(15-31-28)19-5-7-20(8-6-19)29(37)34(2)3/h5-8,13-16,22,30H,9-12,17H2,1-4H3,(H,31,32)/t22-/m0/s1. The zero-order valence-electron chi connectivity index (χ0n) is 21.9. The molecule has 2 aromatic heterocycles. The lowest BCUT2D eigenvalue weighted by atomic mass is 10.0. The first-order chi connectivity index (χ1) is 17.9. The van der Waals surface area contributed by atoms with Gasteiger partial charge in [-0.15, -0.1) is 0 Å². The van der Waals surface area contributed by atoms with E-state index in [2.05, 4.69) is 46.2 Å². The first-order valence-electron chi connectivity index (χ1n) is 12.9. The number of piperazine rings is 1. The molecule has 0 spiro atoms. The average Bonchev–Trinajstić information content (AvgIpc) is 3.23. The summed E-state index contributed by atoms with van der Waals surface area (Å²) in [5, 5.41) is 3.69. The van der Waals surface area contributed by atoms with E-state index in [4.69, 9.17) is 9.97 Å². The summed E-state index contributed by atoms with van der Waals surface area (Å²) >= 11 is 0. The average molecular weight is 496 g/mol. The van der Waals surface area contributed by atoms with Gasteiger partial charge in [-0.25, -0.2) is 9.97 Å². The van der Waals surface area contributed by atoms with Crippen LogP contribution in [0.25, 0.3) is 33.5 Å². The lowest BCUT2D eigenvalue weighted by Crippen LogP contribution is -2.52. The van der Waals surface area contributed by atoms with Gasteiger partial charge in [-0.1, -0.05) is 12.1 Å². The molecule has 8 nitrogen and oxygen atoms in total. The molecule has 2 aliphatic rings. The smallest absolute Gasteiger partial charge is 0.253 e. The summed E-state index contributed by atoms with van der Waals surface area (Å²) in [5.41, 5.74) is 9.87. The molecule has 1 amide bonds. The van der Waals surface area contributed by atoms with E-state index in [9.17, 15) is 4.79 Å². The Labute approximate surface area is 217 Å². The molecule has 1 saturated heterocycles. The van der Waals surface area contributed by atoms with Gasteiger partial charge in [-0.05, 0) is 55.8 Å². The van der Waals surface area contributed by atoms with Crippen molar-refractivity contribution in [3.63, 3.8) is 0 Å². The summed E-state index contributed by atoms with van der Waals surface area (Å²) in [5.74, 6) is -0.0114. The molecule has 190 valence electrons. The van der Waals surface area contributed by atoms with Crippen molar-refractivity contribution in [3.8, 4) is 22.4 Å². The second-order valence-electron chi connectivity index (χ2n) is 10.4. The van der Waals surface area contributed by atoms with Crippen LogP contribution in [0.5, 0.6) is 0 Å². The van der Waals surface area contributed by atoms with Crippen LogP contribution in [0.15, 0.2) is 48.8 Å². The molecule has 37 heavy (non-hydrogen) atoms. The summed E-state index contributed by atoms with van der Waals surface area (Å²) in [7, 11) is 5.74. The maximum atomic E-state index is 12.3. The highest BCUT2D eigenvalue weighted by molar-refractivity contribution is 5.96. The molecule has 1 atom stereocenters. The number of anilines is 2. The largest absolute Gasteiger partial charge is 0.383 e. The van der Waals surface area contributed by atoms with Crippen molar-refractivity contribution in [1.29, 1.82) is 0 Å². The van der Waals surface area contributed by atoms with Crippen molar-refractivity contribution in [2.24, 2.45) is 0 Å². The van der Waals surface area contributed by atoms with Crippen molar-refractivity contribution in [2.45, 2.75) is 19.4 Å². The maximum absolute atomic E-state index is 12.3. The quantitative estimate of drug-likeness (QED) is 0.443. The normalized spacial score (nSPS) is 17.6. The lowest BCUT2D eigenvalue weighted by molar-refractivity contribution is 0.0827. The summed E-state index contributed by atoms with van der Waals surface area (Å²) < 4.78 is 0. The number of H-pyrrole nitrogens is 1. The summed E-state index contributed by atoms with van der Waals surface area (Å²) in [6.45, 7) is 6.40. The lowest BCUT2D eigenvalue weighted by Gasteiger charge is -2.41. The molecule has 0 saturated carbocycles. The Kier molecular flexibility index (Phi) is 5.83. The molecule has 8 heteroatoms. The first kappa shape index (κ1) is 23.5. The van der Waals surface area contributed by atoms with Gasteiger partial charge in [0.2, 0.25) is 0 Å². The molecule has 2 N–H and O–H groups in total. The Morgan fingerprint density at radius 1 is 1.11 bits per heavy atom. The zero-order valence-corrected chi connectivity index (χ0v) is 21.9. The van der Waals surface area contributed by atoms with Gasteiger partial charge >= 0.3 is 0 Å². The van der Waals surface area contributed by atoms with Gasteiger partial charge < -0.3 is 25.0 Å². The van der Waals surface area contributed by atoms with Crippen molar-refractivity contribution in [2.75, 3.05) is 57.5 Å². The Bertz CT molecular complexity index is 1470. The summed E-state index contributed by atoms with van der Waals surface area (Å²) in [6.07, 6.45) is 4.91. The summed E-state index contributed by atoms with van der Waals surface area (Å²) in [6, 6.07) is 12.7. The molecule has 0 bridgehead atoms. The van der Waals surface area contributed by atoms with Crippen LogP contribution in [-0.2, 0) is 0 Å². The number of carbonyl (C=O) groups excluding carboxylic acids is 1. The van der Waals surface area contributed by atoms with E-state index in [0.717, 1.165) is 66.1 Å². The fourth-order valence-electron chi connectivity index (χ4n) is 5.67. The minimum atomic E-state index is -0.0114. The van der Waals surface area contributed by atoms with Gasteiger partial charge in [0, 0.05) is 69.2 Å². The third-order valence-corrected chi connectivity index (χ3v) is 7.59. The molecule has 2 aliphatic heterocycles. The molecule has 4 aromatic rings. The van der Waals surface area contributed by atoms with E-state index >= 15 is 0 Å². The highest BCUT2D eigenvalue weighted by Gasteiger charge is 2.30. The molecule has 1 fully saturated rings. The van der Waals surface area contributed by atoms with Crippen LogP contribution in [0.4, 0.5) is 11.4 Å². The van der Waals surface area contributed by atoms with Crippen molar-refractivity contribution < 1.29 is 4.79 Å². The second-order valence-corrected chi connectivity index (χ2v) is 10.4. The number of aryl methyl sites for hydroxylation is 1. The highest BCUT2D eigenvalue weighted by Crippen LogP contribution is 2.39. The number of benzene rings is 2. The van der Waals surface area contributed by atoms with Gasteiger partial charge in [0.25, 0.3) is 5.91 Å². The topological polar surface area (TPSA) is 80.4 Å². The van der Waals surface area contributed by atoms with Crippen LogP contribution in [-0.4, -0.2) is 84.0 Å². The van der Waals surface area contributed by atoms with Gasteiger partial charge in [-0.2, -0.15) is 0 Å². The third-order valence-electron chi connectivity index (χ3n) is 7.59. The van der Waals surface area contributed by atoms with Crippen LogP contribution in [0.3, 0.4) is 0 Å². The van der Waals surface area contributed by atoms with Crippen LogP contribution in [0.2, 0.25) is 0 Å². The minimum absolute atomic E-state index is 0.0114. The fraction of sp³-hybridized carbons (Fsp3) is 0.345. The Morgan fingerprint density at radius 2 is 1.92 bits per heavy atom.